The molecule has 1 aliphatic heterocycles. The molecule has 0 saturated carbocycles. The van der Waals surface area contributed by atoms with Gasteiger partial charge in [0, 0.05) is 24.2 Å². The zero-order chi connectivity index (χ0) is 34.1. The van der Waals surface area contributed by atoms with Crippen molar-refractivity contribution in [2.24, 2.45) is 0 Å². The summed E-state index contributed by atoms with van der Waals surface area (Å²) in [6, 6.07) is 27.6. The lowest BCUT2D eigenvalue weighted by Crippen LogP contribution is -2.48. The van der Waals surface area contributed by atoms with Crippen LogP contribution in [0.25, 0.3) is 0 Å². The predicted molar refractivity (Wildman–Crippen MR) is 184 cm³/mol. The number of rotatable bonds is 15. The summed E-state index contributed by atoms with van der Waals surface area (Å²) in [6.45, 7) is 4.11. The van der Waals surface area contributed by atoms with Crippen molar-refractivity contribution in [2.45, 2.75) is 45.0 Å². The second kappa shape index (κ2) is 15.8. The number of hydrogen-bond donors (Lipinski definition) is 5. The number of nitrogens with one attached hydrogen (secondary N) is 4. The normalized spacial score (nSPS) is 14.1. The van der Waals surface area contributed by atoms with Crippen molar-refractivity contribution >= 4 is 27.5 Å². The Morgan fingerprint density at radius 3 is 2.15 bits per heavy atom. The summed E-state index contributed by atoms with van der Waals surface area (Å²) in [5.74, 6) is 0.0954. The van der Waals surface area contributed by atoms with E-state index in [0.717, 1.165) is 16.7 Å². The summed E-state index contributed by atoms with van der Waals surface area (Å²) in [4.78, 5) is 27.2. The molecule has 0 bridgehead atoms. The maximum Gasteiger partial charge on any atom is 0.251 e. The van der Waals surface area contributed by atoms with Crippen molar-refractivity contribution in [3.8, 4) is 11.5 Å². The largest absolute Gasteiger partial charge is 0.454 e. The van der Waals surface area contributed by atoms with Crippen LogP contribution in [0.4, 0.5) is 5.69 Å². The molecule has 0 radical (unpaired) electrons. The van der Waals surface area contributed by atoms with E-state index < -0.39 is 34.0 Å². The van der Waals surface area contributed by atoms with Gasteiger partial charge in [-0.05, 0) is 67.3 Å². The van der Waals surface area contributed by atoms with Crippen molar-refractivity contribution in [3.63, 3.8) is 0 Å². The first-order chi connectivity index (χ1) is 23.1. The molecular formula is C36H40N4O7S. The van der Waals surface area contributed by atoms with Gasteiger partial charge in [0.2, 0.25) is 16.8 Å². The molecule has 1 aliphatic rings. The van der Waals surface area contributed by atoms with Gasteiger partial charge in [-0.1, -0.05) is 66.7 Å². The fraction of sp³-hybridized carbons (Fsp3) is 0.278. The molecule has 5 N–H and O–H groups in total. The van der Waals surface area contributed by atoms with Crippen LogP contribution in [0.15, 0.2) is 97.1 Å². The number of benzene rings is 4. The number of hydrogen-bond acceptors (Lipinski definition) is 8. The minimum absolute atomic E-state index is 0.0578. The fourth-order valence-electron chi connectivity index (χ4n) is 5.27. The van der Waals surface area contributed by atoms with Crippen LogP contribution in [-0.4, -0.2) is 56.6 Å². The van der Waals surface area contributed by atoms with Crippen LogP contribution >= 0.6 is 0 Å². The third-order valence-corrected chi connectivity index (χ3v) is 9.26. The maximum absolute atomic E-state index is 13.8. The molecule has 0 fully saturated rings. The number of ether oxygens (including phenoxy) is 2. The average molecular weight is 673 g/mol. The van der Waals surface area contributed by atoms with Crippen LogP contribution in [0.2, 0.25) is 0 Å². The highest BCUT2D eigenvalue weighted by atomic mass is 32.2. The van der Waals surface area contributed by atoms with E-state index in [1.54, 1.807) is 0 Å². The molecule has 48 heavy (non-hydrogen) atoms. The summed E-state index contributed by atoms with van der Waals surface area (Å²) in [5.41, 5.74) is 2.96. The molecule has 0 unspecified atom stereocenters. The highest BCUT2D eigenvalue weighted by Gasteiger charge is 2.24. The quantitative estimate of drug-likeness (QED) is 0.126. The van der Waals surface area contributed by atoms with Gasteiger partial charge in [-0.3, -0.25) is 14.3 Å². The average Bonchev–Trinajstić information content (AvgIpc) is 3.56. The van der Waals surface area contributed by atoms with E-state index >= 15 is 0 Å². The Balaban J connectivity index is 1.34. The molecule has 0 spiro atoms. The molecular weight excluding hydrogens is 632 g/mol. The van der Waals surface area contributed by atoms with Crippen LogP contribution in [0, 0.1) is 0 Å². The Morgan fingerprint density at radius 1 is 0.812 bits per heavy atom. The third kappa shape index (κ3) is 9.34. The Kier molecular flexibility index (Phi) is 11.3. The molecule has 4 aromatic carbocycles. The van der Waals surface area contributed by atoms with Crippen molar-refractivity contribution in [1.82, 2.24) is 16.0 Å². The number of aliphatic hydroxyl groups is 1. The van der Waals surface area contributed by atoms with E-state index in [-0.39, 0.29) is 41.9 Å². The summed E-state index contributed by atoms with van der Waals surface area (Å²) in [7, 11) is -3.71. The molecule has 0 aromatic heterocycles. The van der Waals surface area contributed by atoms with Crippen molar-refractivity contribution in [3.05, 3.63) is 125 Å². The summed E-state index contributed by atoms with van der Waals surface area (Å²) in [6.07, 6.45) is -0.678. The van der Waals surface area contributed by atoms with Crippen LogP contribution in [0.5, 0.6) is 11.5 Å². The number of sulfonamides is 1. The van der Waals surface area contributed by atoms with Crippen LogP contribution < -0.4 is 30.1 Å². The third-order valence-electron chi connectivity index (χ3n) is 7.96. The lowest BCUT2D eigenvalue weighted by molar-refractivity contribution is 0.0830. The number of anilines is 1. The highest BCUT2D eigenvalue weighted by Crippen LogP contribution is 2.32. The molecule has 1 heterocycles. The van der Waals surface area contributed by atoms with Gasteiger partial charge in [0.15, 0.2) is 11.5 Å². The van der Waals surface area contributed by atoms with Crippen LogP contribution in [0.1, 0.15) is 57.3 Å². The van der Waals surface area contributed by atoms with Gasteiger partial charge in [0.05, 0.1) is 29.6 Å². The van der Waals surface area contributed by atoms with Gasteiger partial charge < -0.3 is 30.5 Å². The second-order valence-electron chi connectivity index (χ2n) is 11.6. The van der Waals surface area contributed by atoms with Gasteiger partial charge in [-0.2, -0.15) is 0 Å². The highest BCUT2D eigenvalue weighted by molar-refractivity contribution is 7.92. The predicted octanol–water partition coefficient (Wildman–Crippen LogP) is 4.16. The molecule has 0 aliphatic carbocycles. The summed E-state index contributed by atoms with van der Waals surface area (Å²) >= 11 is 0. The lowest BCUT2D eigenvalue weighted by Gasteiger charge is -2.25. The zero-order valence-electron chi connectivity index (χ0n) is 26.8. The maximum atomic E-state index is 13.8. The molecule has 0 saturated heterocycles. The first kappa shape index (κ1) is 34.4. The summed E-state index contributed by atoms with van der Waals surface area (Å²) in [5, 5.41) is 20.4. The molecule has 3 atom stereocenters. The van der Waals surface area contributed by atoms with E-state index in [1.165, 1.54) is 25.1 Å². The SMILES string of the molecule is CCS(=O)(=O)Nc1cc(C(=O)N[C@@H](Cc2ccccc2)[C@H](O)CNCc2ccc3c(c2)OCO3)cc(C(=O)N[C@H](C)c2ccccc2)c1. The first-order valence-electron chi connectivity index (χ1n) is 15.7. The number of carbonyl (C=O) groups is 2. The van der Waals surface area contributed by atoms with E-state index in [4.69, 9.17) is 9.47 Å². The summed E-state index contributed by atoms with van der Waals surface area (Å²) < 4.78 is 38.2. The lowest BCUT2D eigenvalue weighted by atomic mass is 10.00. The molecule has 11 nitrogen and oxygen atoms in total. The minimum Gasteiger partial charge on any atom is -0.454 e. The Hall–Kier alpha value is -4.91. The smallest absolute Gasteiger partial charge is 0.251 e. The van der Waals surface area contributed by atoms with Gasteiger partial charge >= 0.3 is 0 Å². The molecule has 4 aromatic rings. The first-order valence-corrected chi connectivity index (χ1v) is 17.4. The topological polar surface area (TPSA) is 155 Å². The van der Waals surface area contributed by atoms with Crippen LogP contribution in [0.3, 0.4) is 0 Å². The Morgan fingerprint density at radius 2 is 1.46 bits per heavy atom. The number of aliphatic hydroxyl groups excluding tert-OH is 1. The Bertz CT molecular complexity index is 1820. The van der Waals surface area contributed by atoms with Crippen molar-refractivity contribution in [1.29, 1.82) is 0 Å². The Labute approximate surface area is 280 Å². The molecule has 252 valence electrons. The standard InChI is InChI=1S/C36H40N4O7S/c1-3-48(44,45)40-30-19-28(35(42)38-24(2)27-12-8-5-9-13-27)18-29(20-30)36(43)39-31(16-25-10-6-4-7-11-25)32(41)22-37-21-26-14-15-33-34(17-26)47-23-46-33/h4-15,17-20,24,31-32,37,40-41H,3,16,21-23H2,1-2H3,(H,38,42)(H,39,43)/t24-,31+,32-/m1/s1. The molecule has 12 heteroatoms. The fourth-order valence-corrected chi connectivity index (χ4v) is 5.89. The molecule has 5 rings (SSSR count). The van der Waals surface area contributed by atoms with E-state index in [9.17, 15) is 23.1 Å². The minimum atomic E-state index is -3.71. The number of amides is 2. The van der Waals surface area contributed by atoms with Crippen molar-refractivity contribution in [2.75, 3.05) is 23.8 Å². The van der Waals surface area contributed by atoms with Gasteiger partial charge in [-0.25, -0.2) is 8.42 Å². The van der Waals surface area contributed by atoms with E-state index in [0.29, 0.717) is 24.5 Å². The van der Waals surface area contributed by atoms with E-state index in [2.05, 4.69) is 20.7 Å². The van der Waals surface area contributed by atoms with Gasteiger partial charge in [0.1, 0.15) is 0 Å². The van der Waals surface area contributed by atoms with E-state index in [1.807, 2.05) is 85.8 Å². The van der Waals surface area contributed by atoms with Gasteiger partial charge in [0.25, 0.3) is 11.8 Å². The molecule has 2 amide bonds. The van der Waals surface area contributed by atoms with Crippen molar-refractivity contribution < 1.29 is 32.6 Å². The number of fused-ring (bicyclic) bond motifs is 1. The monoisotopic (exact) mass is 672 g/mol. The second-order valence-corrected chi connectivity index (χ2v) is 13.6. The van der Waals surface area contributed by atoms with Crippen LogP contribution in [-0.2, 0) is 23.0 Å². The number of carbonyl (C=O) groups excluding carboxylic acids is 2. The van der Waals surface area contributed by atoms with Gasteiger partial charge in [-0.15, -0.1) is 0 Å². The zero-order valence-corrected chi connectivity index (χ0v) is 27.6.